The molecule has 1 aromatic carbocycles. The number of hydrogen-bond acceptors (Lipinski definition) is 2. The summed E-state index contributed by atoms with van der Waals surface area (Å²) in [6, 6.07) is 6.46. The van der Waals surface area contributed by atoms with Crippen LogP contribution >= 0.6 is 15.9 Å². The maximum Gasteiger partial charge on any atom is 0.303 e. The molecule has 2 rings (SSSR count). The molecule has 0 radical (unpaired) electrons. The minimum atomic E-state index is -0.675. The fourth-order valence-corrected chi connectivity index (χ4v) is 2.88. The number of carbonyl (C=O) groups is 1. The number of aliphatic carboxylic acids is 1. The smallest absolute Gasteiger partial charge is 0.303 e. The number of rotatable bonds is 4. The van der Waals surface area contributed by atoms with Crippen LogP contribution in [0.3, 0.4) is 0 Å². The van der Waals surface area contributed by atoms with Crippen LogP contribution in [0.15, 0.2) is 22.7 Å². The third-order valence-electron chi connectivity index (χ3n) is 3.89. The van der Waals surface area contributed by atoms with Crippen LogP contribution in [0.5, 0.6) is 0 Å². The molecule has 1 aromatic rings. The molecule has 1 aliphatic heterocycles. The quantitative estimate of drug-likeness (QED) is 0.914. The Labute approximate surface area is 122 Å². The van der Waals surface area contributed by atoms with Crippen molar-refractivity contribution in [2.75, 3.05) is 18.0 Å². The summed E-state index contributed by atoms with van der Waals surface area (Å²) >= 11 is 3.52. The normalized spacial score (nSPS) is 16.6. The Hall–Kier alpha value is -1.03. The van der Waals surface area contributed by atoms with Gasteiger partial charge >= 0.3 is 5.97 Å². The highest BCUT2D eigenvalue weighted by molar-refractivity contribution is 9.10. The Kier molecular flexibility index (Phi) is 4.86. The summed E-state index contributed by atoms with van der Waals surface area (Å²) in [4.78, 5) is 13.0. The first kappa shape index (κ1) is 14.4. The van der Waals surface area contributed by atoms with Crippen LogP contribution in [0.25, 0.3) is 0 Å². The number of benzene rings is 1. The number of carboxylic acids is 1. The van der Waals surface area contributed by atoms with E-state index in [-0.39, 0.29) is 0 Å². The van der Waals surface area contributed by atoms with Crippen molar-refractivity contribution < 1.29 is 9.90 Å². The highest BCUT2D eigenvalue weighted by atomic mass is 79.9. The molecule has 1 saturated heterocycles. The highest BCUT2D eigenvalue weighted by Gasteiger charge is 2.20. The van der Waals surface area contributed by atoms with Gasteiger partial charge in [0.25, 0.3) is 0 Å². The van der Waals surface area contributed by atoms with Crippen LogP contribution < -0.4 is 4.90 Å². The monoisotopic (exact) mass is 325 g/mol. The minimum absolute atomic E-state index is 0.308. The van der Waals surface area contributed by atoms with Gasteiger partial charge in [-0.2, -0.15) is 0 Å². The van der Waals surface area contributed by atoms with Crippen molar-refractivity contribution in [3.05, 3.63) is 28.2 Å². The van der Waals surface area contributed by atoms with Crippen LogP contribution in [0, 0.1) is 12.8 Å². The van der Waals surface area contributed by atoms with Gasteiger partial charge in [0.15, 0.2) is 0 Å². The summed E-state index contributed by atoms with van der Waals surface area (Å²) in [5, 5.41) is 8.72. The van der Waals surface area contributed by atoms with Crippen LogP contribution in [-0.2, 0) is 4.79 Å². The molecule has 0 unspecified atom stereocenters. The lowest BCUT2D eigenvalue weighted by Crippen LogP contribution is -2.33. The van der Waals surface area contributed by atoms with Gasteiger partial charge in [-0.1, -0.05) is 15.9 Å². The Bertz CT molecular complexity index is 453. The molecule has 4 heteroatoms. The average molecular weight is 326 g/mol. The second kappa shape index (κ2) is 6.42. The fourth-order valence-electron chi connectivity index (χ4n) is 2.63. The second-order valence-electron chi connectivity index (χ2n) is 5.30. The molecule has 0 aromatic heterocycles. The fraction of sp³-hybridized carbons (Fsp3) is 0.533. The van der Waals surface area contributed by atoms with Gasteiger partial charge in [-0.25, -0.2) is 0 Å². The molecular weight excluding hydrogens is 306 g/mol. The predicted octanol–water partition coefficient (Wildman–Crippen LogP) is 3.84. The molecule has 1 aliphatic rings. The number of nitrogens with zero attached hydrogens (tertiary/aromatic N) is 1. The SMILES string of the molecule is Cc1cc(N2CCC(CCC(=O)O)CC2)ccc1Br. The van der Waals surface area contributed by atoms with E-state index in [9.17, 15) is 4.79 Å². The molecule has 19 heavy (non-hydrogen) atoms. The molecule has 1 fully saturated rings. The van der Waals surface area contributed by atoms with Crippen molar-refractivity contribution in [1.82, 2.24) is 0 Å². The zero-order chi connectivity index (χ0) is 13.8. The molecule has 0 aliphatic carbocycles. The zero-order valence-electron chi connectivity index (χ0n) is 11.2. The van der Waals surface area contributed by atoms with Gasteiger partial charge in [0.1, 0.15) is 0 Å². The van der Waals surface area contributed by atoms with Gasteiger partial charge in [-0.05, 0) is 55.9 Å². The van der Waals surface area contributed by atoms with Gasteiger partial charge in [0.2, 0.25) is 0 Å². The third-order valence-corrected chi connectivity index (χ3v) is 4.78. The maximum absolute atomic E-state index is 10.6. The molecule has 1 N–H and O–H groups in total. The molecule has 0 bridgehead atoms. The first-order valence-electron chi connectivity index (χ1n) is 6.79. The van der Waals surface area contributed by atoms with Crippen molar-refractivity contribution in [2.24, 2.45) is 5.92 Å². The van der Waals surface area contributed by atoms with E-state index in [0.717, 1.165) is 36.8 Å². The van der Waals surface area contributed by atoms with Crippen molar-refractivity contribution in [1.29, 1.82) is 0 Å². The molecular formula is C15H20BrNO2. The number of halogens is 1. The van der Waals surface area contributed by atoms with E-state index >= 15 is 0 Å². The van der Waals surface area contributed by atoms with Crippen LogP contribution in [0.2, 0.25) is 0 Å². The van der Waals surface area contributed by atoms with Crippen LogP contribution in [0.1, 0.15) is 31.2 Å². The van der Waals surface area contributed by atoms with Gasteiger partial charge < -0.3 is 10.0 Å². The van der Waals surface area contributed by atoms with E-state index in [1.165, 1.54) is 11.3 Å². The molecule has 0 spiro atoms. The molecule has 3 nitrogen and oxygen atoms in total. The Balaban J connectivity index is 1.88. The largest absolute Gasteiger partial charge is 0.481 e. The molecule has 104 valence electrons. The van der Waals surface area contributed by atoms with Crippen molar-refractivity contribution in [3.8, 4) is 0 Å². The summed E-state index contributed by atoms with van der Waals surface area (Å²) in [6.45, 7) is 4.17. The highest BCUT2D eigenvalue weighted by Crippen LogP contribution is 2.28. The van der Waals surface area contributed by atoms with Gasteiger partial charge in [0.05, 0.1) is 0 Å². The van der Waals surface area contributed by atoms with E-state index in [1.54, 1.807) is 0 Å². The lowest BCUT2D eigenvalue weighted by molar-refractivity contribution is -0.137. The van der Waals surface area contributed by atoms with Gasteiger partial charge in [-0.15, -0.1) is 0 Å². The number of carboxylic acid groups (broad SMARTS) is 1. The van der Waals surface area contributed by atoms with E-state index < -0.39 is 5.97 Å². The van der Waals surface area contributed by atoms with Crippen molar-refractivity contribution in [3.63, 3.8) is 0 Å². The van der Waals surface area contributed by atoms with Crippen LogP contribution in [-0.4, -0.2) is 24.2 Å². The topological polar surface area (TPSA) is 40.5 Å². The Morgan fingerprint density at radius 3 is 2.68 bits per heavy atom. The molecule has 0 saturated carbocycles. The molecule has 0 atom stereocenters. The average Bonchev–Trinajstić information content (AvgIpc) is 2.40. The van der Waals surface area contributed by atoms with Crippen molar-refractivity contribution >= 4 is 27.6 Å². The lowest BCUT2D eigenvalue weighted by Gasteiger charge is -2.33. The van der Waals surface area contributed by atoms with E-state index in [4.69, 9.17) is 5.11 Å². The zero-order valence-corrected chi connectivity index (χ0v) is 12.8. The number of aryl methyl sites for hydroxylation is 1. The van der Waals surface area contributed by atoms with Crippen LogP contribution in [0.4, 0.5) is 5.69 Å². The Morgan fingerprint density at radius 1 is 1.42 bits per heavy atom. The van der Waals surface area contributed by atoms with E-state index in [2.05, 4.69) is 46.0 Å². The van der Waals surface area contributed by atoms with Gasteiger partial charge in [0, 0.05) is 29.7 Å². The van der Waals surface area contributed by atoms with E-state index in [1.807, 2.05) is 0 Å². The Morgan fingerprint density at radius 2 is 2.11 bits per heavy atom. The summed E-state index contributed by atoms with van der Waals surface area (Å²) in [5.74, 6) is -0.102. The second-order valence-corrected chi connectivity index (χ2v) is 6.15. The lowest BCUT2D eigenvalue weighted by atomic mass is 9.92. The third kappa shape index (κ3) is 3.96. The first-order chi connectivity index (χ1) is 9.06. The summed E-state index contributed by atoms with van der Waals surface area (Å²) < 4.78 is 1.15. The standard InChI is InChI=1S/C15H20BrNO2/c1-11-10-13(3-4-14(11)16)17-8-6-12(7-9-17)2-5-15(18)19/h3-4,10,12H,2,5-9H2,1H3,(H,18,19). The summed E-state index contributed by atoms with van der Waals surface area (Å²) in [7, 11) is 0. The van der Waals surface area contributed by atoms with Crippen molar-refractivity contribution in [2.45, 2.75) is 32.6 Å². The summed E-state index contributed by atoms with van der Waals surface area (Å²) in [5.41, 5.74) is 2.53. The minimum Gasteiger partial charge on any atom is -0.481 e. The molecule has 0 amide bonds. The predicted molar refractivity (Wildman–Crippen MR) is 80.7 cm³/mol. The van der Waals surface area contributed by atoms with Gasteiger partial charge in [-0.3, -0.25) is 4.79 Å². The first-order valence-corrected chi connectivity index (χ1v) is 7.58. The van der Waals surface area contributed by atoms with E-state index in [0.29, 0.717) is 12.3 Å². The summed E-state index contributed by atoms with van der Waals surface area (Å²) in [6.07, 6.45) is 3.33. The molecule has 1 heterocycles. The number of piperidine rings is 1. The maximum atomic E-state index is 10.6. The number of anilines is 1. The number of hydrogen-bond donors (Lipinski definition) is 1.